The minimum absolute atomic E-state index is 0.0317. The fourth-order valence-electron chi connectivity index (χ4n) is 1.49. The average Bonchev–Trinajstić information content (AvgIpc) is 2.34. The molecule has 18 heavy (non-hydrogen) atoms. The zero-order valence-electron chi connectivity index (χ0n) is 9.25. The molecular weight excluding hydrogens is 276 g/mol. The molecule has 0 atom stereocenters. The molecule has 0 aromatic heterocycles. The smallest absolute Gasteiger partial charge is 0.134 e. The molecule has 2 rings (SSSR count). The first-order valence-corrected chi connectivity index (χ1v) is 5.98. The molecule has 0 amide bonds. The first-order chi connectivity index (χ1) is 8.56. The van der Waals surface area contributed by atoms with Gasteiger partial charge >= 0.3 is 0 Å². The zero-order chi connectivity index (χ0) is 13.1. The van der Waals surface area contributed by atoms with Crippen molar-refractivity contribution in [2.24, 2.45) is 0 Å². The zero-order valence-corrected chi connectivity index (χ0v) is 10.8. The Bertz CT molecular complexity index is 575. The number of phenolic OH excluding ortho intramolecular Hbond substituents is 1. The molecule has 2 aromatic carbocycles. The minimum Gasteiger partial charge on any atom is -0.506 e. The standard InChI is InChI=1S/C13H10Cl2FNO/c14-10-3-2-9(16)6-12(10)17-7-8-1-4-13(18)11(15)5-8/h1-6,17-18H,7H2. The Kier molecular flexibility index (Phi) is 3.94. The van der Waals surface area contributed by atoms with Crippen molar-refractivity contribution < 1.29 is 9.50 Å². The van der Waals surface area contributed by atoms with Gasteiger partial charge in [0.15, 0.2) is 0 Å². The number of nitrogens with one attached hydrogen (secondary N) is 1. The molecule has 2 aromatic rings. The van der Waals surface area contributed by atoms with E-state index in [0.717, 1.165) is 5.56 Å². The molecule has 0 saturated carbocycles. The predicted molar refractivity (Wildman–Crippen MR) is 71.9 cm³/mol. The molecule has 0 radical (unpaired) electrons. The third-order valence-corrected chi connectivity index (χ3v) is 3.06. The largest absolute Gasteiger partial charge is 0.506 e. The lowest BCUT2D eigenvalue weighted by Gasteiger charge is -2.09. The molecule has 0 unspecified atom stereocenters. The van der Waals surface area contributed by atoms with E-state index in [1.807, 2.05) is 0 Å². The summed E-state index contributed by atoms with van der Waals surface area (Å²) in [5.41, 5.74) is 1.37. The van der Waals surface area contributed by atoms with Crippen molar-refractivity contribution in [3.63, 3.8) is 0 Å². The lowest BCUT2D eigenvalue weighted by Crippen LogP contribution is -2.00. The van der Waals surface area contributed by atoms with E-state index >= 15 is 0 Å². The van der Waals surface area contributed by atoms with Crippen molar-refractivity contribution >= 4 is 28.9 Å². The average molecular weight is 286 g/mol. The number of benzene rings is 2. The van der Waals surface area contributed by atoms with E-state index in [-0.39, 0.29) is 16.6 Å². The normalized spacial score (nSPS) is 10.4. The van der Waals surface area contributed by atoms with Crippen LogP contribution in [0.15, 0.2) is 36.4 Å². The van der Waals surface area contributed by atoms with Crippen LogP contribution in [0.3, 0.4) is 0 Å². The number of halogens is 3. The van der Waals surface area contributed by atoms with E-state index in [1.54, 1.807) is 12.1 Å². The van der Waals surface area contributed by atoms with Crippen molar-refractivity contribution in [3.8, 4) is 5.75 Å². The van der Waals surface area contributed by atoms with Crippen LogP contribution in [-0.2, 0) is 6.54 Å². The SMILES string of the molecule is Oc1ccc(CNc2cc(F)ccc2Cl)cc1Cl. The van der Waals surface area contributed by atoms with Crippen LogP contribution in [0.4, 0.5) is 10.1 Å². The summed E-state index contributed by atoms with van der Waals surface area (Å²) in [7, 11) is 0. The van der Waals surface area contributed by atoms with Gasteiger partial charge in [0.2, 0.25) is 0 Å². The van der Waals surface area contributed by atoms with Gasteiger partial charge in [0, 0.05) is 6.54 Å². The molecule has 5 heteroatoms. The highest BCUT2D eigenvalue weighted by molar-refractivity contribution is 6.33. The van der Waals surface area contributed by atoms with Gasteiger partial charge in [-0.05, 0) is 35.9 Å². The second kappa shape index (κ2) is 5.46. The second-order valence-corrected chi connectivity index (χ2v) is 4.58. The maximum Gasteiger partial charge on any atom is 0.134 e. The van der Waals surface area contributed by atoms with E-state index in [2.05, 4.69) is 5.32 Å². The Morgan fingerprint density at radius 1 is 1.06 bits per heavy atom. The Morgan fingerprint density at radius 2 is 1.83 bits per heavy atom. The minimum atomic E-state index is -0.356. The van der Waals surface area contributed by atoms with Crippen LogP contribution in [-0.4, -0.2) is 5.11 Å². The van der Waals surface area contributed by atoms with Gasteiger partial charge in [0.1, 0.15) is 11.6 Å². The highest BCUT2D eigenvalue weighted by Gasteiger charge is 2.03. The fourth-order valence-corrected chi connectivity index (χ4v) is 1.88. The first kappa shape index (κ1) is 13.0. The lowest BCUT2D eigenvalue weighted by molar-refractivity contribution is 0.475. The second-order valence-electron chi connectivity index (χ2n) is 3.76. The van der Waals surface area contributed by atoms with Gasteiger partial charge in [-0.2, -0.15) is 0 Å². The van der Waals surface area contributed by atoms with E-state index in [4.69, 9.17) is 23.2 Å². The quantitative estimate of drug-likeness (QED) is 0.873. The van der Waals surface area contributed by atoms with Gasteiger partial charge in [0.25, 0.3) is 0 Å². The molecule has 0 fully saturated rings. The summed E-state index contributed by atoms with van der Waals surface area (Å²) in [6.07, 6.45) is 0. The molecule has 0 bridgehead atoms. The van der Waals surface area contributed by atoms with Gasteiger partial charge < -0.3 is 10.4 Å². The Hall–Kier alpha value is -1.45. The van der Waals surface area contributed by atoms with Crippen molar-refractivity contribution in [3.05, 3.63) is 57.8 Å². The van der Waals surface area contributed by atoms with Crippen molar-refractivity contribution in [2.45, 2.75) is 6.54 Å². The molecule has 2 nitrogen and oxygen atoms in total. The lowest BCUT2D eigenvalue weighted by atomic mass is 10.2. The molecule has 0 aliphatic heterocycles. The molecule has 0 saturated heterocycles. The van der Waals surface area contributed by atoms with Crippen LogP contribution < -0.4 is 5.32 Å². The van der Waals surface area contributed by atoms with Gasteiger partial charge in [-0.25, -0.2) is 4.39 Å². The first-order valence-electron chi connectivity index (χ1n) is 5.22. The van der Waals surface area contributed by atoms with Crippen LogP contribution >= 0.6 is 23.2 Å². The predicted octanol–water partition coefficient (Wildman–Crippen LogP) is 4.45. The summed E-state index contributed by atoms with van der Waals surface area (Å²) in [5, 5.41) is 13.0. The Balaban J connectivity index is 2.11. The van der Waals surface area contributed by atoms with Crippen LogP contribution in [0.25, 0.3) is 0 Å². The van der Waals surface area contributed by atoms with Crippen LogP contribution in [0.2, 0.25) is 10.0 Å². The number of aromatic hydroxyl groups is 1. The van der Waals surface area contributed by atoms with Crippen LogP contribution in [0, 0.1) is 5.82 Å². The molecule has 0 aliphatic rings. The maximum absolute atomic E-state index is 13.0. The fraction of sp³-hybridized carbons (Fsp3) is 0.0769. The monoisotopic (exact) mass is 285 g/mol. The summed E-state index contributed by atoms with van der Waals surface area (Å²) in [6.45, 7) is 0.434. The molecule has 0 spiro atoms. The summed E-state index contributed by atoms with van der Waals surface area (Å²) < 4.78 is 13.0. The topological polar surface area (TPSA) is 32.3 Å². The van der Waals surface area contributed by atoms with Gasteiger partial charge in [-0.15, -0.1) is 0 Å². The van der Waals surface area contributed by atoms with Crippen molar-refractivity contribution in [1.82, 2.24) is 0 Å². The van der Waals surface area contributed by atoms with E-state index < -0.39 is 0 Å². The number of hydrogen-bond acceptors (Lipinski definition) is 2. The summed E-state index contributed by atoms with van der Waals surface area (Å²) in [6, 6.07) is 8.98. The number of anilines is 1. The van der Waals surface area contributed by atoms with E-state index in [1.165, 1.54) is 24.3 Å². The van der Waals surface area contributed by atoms with E-state index in [9.17, 15) is 9.50 Å². The number of phenols is 1. The van der Waals surface area contributed by atoms with Crippen molar-refractivity contribution in [1.29, 1.82) is 0 Å². The number of hydrogen-bond donors (Lipinski definition) is 2. The van der Waals surface area contributed by atoms with Gasteiger partial charge in [-0.3, -0.25) is 0 Å². The molecule has 94 valence electrons. The third-order valence-electron chi connectivity index (χ3n) is 2.42. The van der Waals surface area contributed by atoms with Gasteiger partial charge in [-0.1, -0.05) is 29.3 Å². The third kappa shape index (κ3) is 3.06. The Morgan fingerprint density at radius 3 is 2.56 bits per heavy atom. The number of rotatable bonds is 3. The molecule has 0 aliphatic carbocycles. The molecule has 2 N–H and O–H groups in total. The molecular formula is C13H10Cl2FNO. The molecule has 0 heterocycles. The highest BCUT2D eigenvalue weighted by Crippen LogP contribution is 2.26. The Labute approximate surface area is 114 Å². The maximum atomic E-state index is 13.0. The van der Waals surface area contributed by atoms with Crippen molar-refractivity contribution in [2.75, 3.05) is 5.32 Å². The highest BCUT2D eigenvalue weighted by atomic mass is 35.5. The van der Waals surface area contributed by atoms with Crippen LogP contribution in [0.5, 0.6) is 5.75 Å². The summed E-state index contributed by atoms with van der Waals surface area (Å²) in [5.74, 6) is -0.324. The summed E-state index contributed by atoms with van der Waals surface area (Å²) in [4.78, 5) is 0. The van der Waals surface area contributed by atoms with Gasteiger partial charge in [0.05, 0.1) is 15.7 Å². The van der Waals surface area contributed by atoms with E-state index in [0.29, 0.717) is 17.3 Å². The van der Waals surface area contributed by atoms with Crippen LogP contribution in [0.1, 0.15) is 5.56 Å². The summed E-state index contributed by atoms with van der Waals surface area (Å²) >= 11 is 11.7.